The third kappa shape index (κ3) is 1.84. The van der Waals surface area contributed by atoms with Crippen molar-refractivity contribution >= 4 is 0 Å². The van der Waals surface area contributed by atoms with Gasteiger partial charge >= 0.3 is 0 Å². The van der Waals surface area contributed by atoms with Crippen LogP contribution >= 0.6 is 0 Å². The molecule has 13 heavy (non-hydrogen) atoms. The summed E-state index contributed by atoms with van der Waals surface area (Å²) >= 11 is 0. The number of hydrogen-bond donors (Lipinski definition) is 4. The highest BCUT2D eigenvalue weighted by Gasteiger charge is 2.47. The smallest absolute Gasteiger partial charge is 0.111 e. The first-order valence-electron chi connectivity index (χ1n) is 4.23. The lowest BCUT2D eigenvalue weighted by molar-refractivity contribution is -0.262. The maximum absolute atomic E-state index is 9.47. The topological polar surface area (TPSA) is 90.2 Å². The fourth-order valence-electron chi connectivity index (χ4n) is 1.49. The minimum atomic E-state index is -1.28. The van der Waals surface area contributed by atoms with Gasteiger partial charge in [-0.2, -0.15) is 0 Å². The number of aliphatic hydroxyl groups is 4. The Balaban J connectivity index is 2.79. The van der Waals surface area contributed by atoms with Crippen LogP contribution in [0.1, 0.15) is 13.8 Å². The van der Waals surface area contributed by atoms with E-state index >= 15 is 0 Å². The van der Waals surface area contributed by atoms with Crippen molar-refractivity contribution in [1.29, 1.82) is 0 Å². The number of rotatable bonds is 1. The normalized spacial score (nSPS) is 44.8. The molecule has 1 aliphatic rings. The molecule has 0 spiro atoms. The monoisotopic (exact) mass is 192 g/mol. The van der Waals surface area contributed by atoms with Gasteiger partial charge in [0.05, 0.1) is 12.2 Å². The highest BCUT2D eigenvalue weighted by Crippen LogP contribution is 2.28. The molecule has 0 saturated carbocycles. The Bertz CT molecular complexity index is 179. The van der Waals surface area contributed by atoms with E-state index in [0.29, 0.717) is 0 Å². The van der Waals surface area contributed by atoms with Crippen LogP contribution in [0.3, 0.4) is 0 Å². The molecule has 0 aromatic rings. The molecule has 0 radical (unpaired) electrons. The van der Waals surface area contributed by atoms with Crippen LogP contribution in [0.15, 0.2) is 0 Å². The van der Waals surface area contributed by atoms with Crippen molar-refractivity contribution < 1.29 is 25.2 Å². The third-order valence-electron chi connectivity index (χ3n) is 2.40. The summed E-state index contributed by atoms with van der Waals surface area (Å²) in [6.45, 7) is 2.80. The predicted octanol–water partition coefficient (Wildman–Crippen LogP) is -1.76. The van der Waals surface area contributed by atoms with E-state index in [2.05, 4.69) is 0 Å². The van der Waals surface area contributed by atoms with Gasteiger partial charge in [-0.05, 0) is 13.8 Å². The molecule has 1 aliphatic heterocycles. The molecular weight excluding hydrogens is 176 g/mol. The molecule has 0 aromatic heterocycles. The maximum atomic E-state index is 9.47. The van der Waals surface area contributed by atoms with Crippen LogP contribution in [0, 0.1) is 0 Å². The fraction of sp³-hybridized carbons (Fsp3) is 1.00. The Labute approximate surface area is 76.6 Å². The molecule has 0 aliphatic carbocycles. The number of aliphatic hydroxyl groups excluding tert-OH is 4. The Morgan fingerprint density at radius 1 is 1.15 bits per heavy atom. The Morgan fingerprint density at radius 2 is 1.69 bits per heavy atom. The first-order valence-corrected chi connectivity index (χ1v) is 4.23. The summed E-state index contributed by atoms with van der Waals surface area (Å²) in [6.07, 6.45) is -4.51. The largest absolute Gasteiger partial charge is 0.394 e. The summed E-state index contributed by atoms with van der Waals surface area (Å²) in [7, 11) is 0. The lowest BCUT2D eigenvalue weighted by atomic mass is 9.87. The Hall–Kier alpha value is -0.200. The second kappa shape index (κ2) is 3.51. The van der Waals surface area contributed by atoms with E-state index in [1.54, 1.807) is 13.8 Å². The number of ether oxygens (including phenoxy) is 1. The van der Waals surface area contributed by atoms with E-state index in [-0.39, 0.29) is 6.61 Å². The molecule has 1 heterocycles. The minimum Gasteiger partial charge on any atom is -0.394 e. The predicted molar refractivity (Wildman–Crippen MR) is 44.1 cm³/mol. The summed E-state index contributed by atoms with van der Waals surface area (Å²) < 4.78 is 5.21. The van der Waals surface area contributed by atoms with Gasteiger partial charge in [-0.3, -0.25) is 0 Å². The van der Waals surface area contributed by atoms with Crippen LogP contribution in [-0.2, 0) is 4.74 Å². The molecule has 0 amide bonds. The molecule has 1 fully saturated rings. The second-order valence-electron chi connectivity index (χ2n) is 3.87. The standard InChI is InChI=1S/C8H16O5/c1-8(2)7(12)6(11)5(10)4(3-9)13-8/h4-7,9-12H,3H2,1-2H3. The molecule has 1 saturated heterocycles. The van der Waals surface area contributed by atoms with Crippen molar-refractivity contribution in [1.82, 2.24) is 0 Å². The SMILES string of the molecule is CC1(C)OC(CO)C(O)C(O)C1O. The van der Waals surface area contributed by atoms with Crippen molar-refractivity contribution in [3.8, 4) is 0 Å². The van der Waals surface area contributed by atoms with Crippen LogP contribution in [0.25, 0.3) is 0 Å². The van der Waals surface area contributed by atoms with Crippen LogP contribution in [0.4, 0.5) is 0 Å². The lowest BCUT2D eigenvalue weighted by Gasteiger charge is -2.45. The third-order valence-corrected chi connectivity index (χ3v) is 2.40. The molecule has 78 valence electrons. The highest BCUT2D eigenvalue weighted by atomic mass is 16.6. The number of hydrogen-bond acceptors (Lipinski definition) is 5. The summed E-state index contributed by atoms with van der Waals surface area (Å²) in [6, 6.07) is 0. The molecule has 1 rings (SSSR count). The molecule has 0 aromatic carbocycles. The zero-order valence-electron chi connectivity index (χ0n) is 7.71. The molecule has 4 atom stereocenters. The summed E-state index contributed by atoms with van der Waals surface area (Å²) in [5, 5.41) is 37.0. The van der Waals surface area contributed by atoms with E-state index < -0.39 is 30.0 Å². The van der Waals surface area contributed by atoms with E-state index in [9.17, 15) is 15.3 Å². The van der Waals surface area contributed by atoms with Gasteiger partial charge in [-0.25, -0.2) is 0 Å². The Kier molecular flexibility index (Phi) is 2.94. The summed E-state index contributed by atoms with van der Waals surface area (Å²) in [5.41, 5.74) is -0.952. The van der Waals surface area contributed by atoms with Crippen molar-refractivity contribution in [3.63, 3.8) is 0 Å². The van der Waals surface area contributed by atoms with Crippen molar-refractivity contribution in [3.05, 3.63) is 0 Å². The van der Waals surface area contributed by atoms with Gasteiger partial charge in [0.15, 0.2) is 0 Å². The first-order chi connectivity index (χ1) is 5.90. The lowest BCUT2D eigenvalue weighted by Crippen LogP contribution is -2.62. The second-order valence-corrected chi connectivity index (χ2v) is 3.87. The quantitative estimate of drug-likeness (QED) is 0.395. The molecule has 0 bridgehead atoms. The van der Waals surface area contributed by atoms with Crippen LogP contribution < -0.4 is 0 Å². The molecular formula is C8H16O5. The van der Waals surface area contributed by atoms with E-state index in [1.165, 1.54) is 0 Å². The minimum absolute atomic E-state index is 0.381. The highest BCUT2D eigenvalue weighted by molar-refractivity contribution is 4.96. The van der Waals surface area contributed by atoms with Gasteiger partial charge in [-0.15, -0.1) is 0 Å². The molecule has 4 N–H and O–H groups in total. The zero-order valence-corrected chi connectivity index (χ0v) is 7.71. The van der Waals surface area contributed by atoms with Gasteiger partial charge in [0.2, 0.25) is 0 Å². The maximum Gasteiger partial charge on any atom is 0.111 e. The Morgan fingerprint density at radius 3 is 2.15 bits per heavy atom. The zero-order chi connectivity index (χ0) is 10.2. The van der Waals surface area contributed by atoms with Crippen molar-refractivity contribution in [2.24, 2.45) is 0 Å². The molecule has 5 heteroatoms. The fourth-order valence-corrected chi connectivity index (χ4v) is 1.49. The van der Waals surface area contributed by atoms with Gasteiger partial charge in [0.25, 0.3) is 0 Å². The molecule has 4 unspecified atom stereocenters. The van der Waals surface area contributed by atoms with E-state index in [4.69, 9.17) is 9.84 Å². The van der Waals surface area contributed by atoms with Gasteiger partial charge in [0.1, 0.15) is 24.4 Å². The van der Waals surface area contributed by atoms with E-state index in [1.807, 2.05) is 0 Å². The van der Waals surface area contributed by atoms with Gasteiger partial charge in [-0.1, -0.05) is 0 Å². The van der Waals surface area contributed by atoms with Gasteiger partial charge in [0, 0.05) is 0 Å². The van der Waals surface area contributed by atoms with Gasteiger partial charge < -0.3 is 25.2 Å². The van der Waals surface area contributed by atoms with E-state index in [0.717, 1.165) is 0 Å². The van der Waals surface area contributed by atoms with Crippen molar-refractivity contribution in [2.75, 3.05) is 6.61 Å². The van der Waals surface area contributed by atoms with Crippen LogP contribution in [-0.4, -0.2) is 57.0 Å². The first kappa shape index (κ1) is 10.9. The molecule has 5 nitrogen and oxygen atoms in total. The van der Waals surface area contributed by atoms with Crippen LogP contribution in [0.2, 0.25) is 0 Å². The summed E-state index contributed by atoms with van der Waals surface area (Å²) in [4.78, 5) is 0. The van der Waals surface area contributed by atoms with Crippen molar-refractivity contribution in [2.45, 2.75) is 43.9 Å². The van der Waals surface area contributed by atoms with Crippen LogP contribution in [0.5, 0.6) is 0 Å². The summed E-state index contributed by atoms with van der Waals surface area (Å²) in [5.74, 6) is 0. The average Bonchev–Trinajstić information content (AvgIpc) is 2.08. The average molecular weight is 192 g/mol.